The number of hydrogen-bond donors (Lipinski definition) is 2. The van der Waals surface area contributed by atoms with Crippen molar-refractivity contribution >= 4 is 39.1 Å². The molecule has 1 amide bonds. The topological polar surface area (TPSA) is 64.3 Å². The molecule has 1 saturated carbocycles. The Morgan fingerprint density at radius 2 is 2.30 bits per heavy atom. The second-order valence-corrected chi connectivity index (χ2v) is 6.63. The summed E-state index contributed by atoms with van der Waals surface area (Å²) in [5, 5.41) is 3.42. The third kappa shape index (κ3) is 2.80. The van der Waals surface area contributed by atoms with Gasteiger partial charge in [-0.3, -0.25) is 4.79 Å². The molecule has 0 aliphatic heterocycles. The molecule has 2 atom stereocenters. The van der Waals surface area contributed by atoms with Crippen LogP contribution in [0.15, 0.2) is 16.6 Å². The van der Waals surface area contributed by atoms with Crippen LogP contribution in [0, 0.1) is 5.41 Å². The molecule has 1 fully saturated rings. The van der Waals surface area contributed by atoms with E-state index in [4.69, 9.17) is 22.1 Å². The number of hydrogen-bond acceptors (Lipinski definition) is 3. The summed E-state index contributed by atoms with van der Waals surface area (Å²) < 4.78 is 6.00. The molecule has 0 bridgehead atoms. The van der Waals surface area contributed by atoms with Crippen LogP contribution in [0.3, 0.4) is 0 Å². The van der Waals surface area contributed by atoms with E-state index < -0.39 is 5.41 Å². The molecule has 1 aromatic carbocycles. The van der Waals surface area contributed by atoms with Crippen LogP contribution in [0.2, 0.25) is 5.02 Å². The molecule has 1 aliphatic carbocycles. The SMILES string of the molecule is COc1c(Br)cc(Cl)cc1NC(=O)C1(C)CCCC1N. The molecule has 2 unspecified atom stereocenters. The molecular formula is C14H18BrClN2O2. The van der Waals surface area contributed by atoms with Gasteiger partial charge in [0.15, 0.2) is 5.75 Å². The monoisotopic (exact) mass is 360 g/mol. The van der Waals surface area contributed by atoms with Crippen molar-refractivity contribution in [3.63, 3.8) is 0 Å². The lowest BCUT2D eigenvalue weighted by Crippen LogP contribution is -2.44. The number of carbonyl (C=O) groups excluding carboxylic acids is 1. The van der Waals surface area contributed by atoms with E-state index in [1.807, 2.05) is 6.92 Å². The molecule has 6 heteroatoms. The van der Waals surface area contributed by atoms with E-state index in [9.17, 15) is 4.79 Å². The van der Waals surface area contributed by atoms with Gasteiger partial charge in [-0.2, -0.15) is 0 Å². The summed E-state index contributed by atoms with van der Waals surface area (Å²) in [5.74, 6) is 0.466. The Morgan fingerprint density at radius 1 is 1.60 bits per heavy atom. The van der Waals surface area contributed by atoms with E-state index in [0.29, 0.717) is 20.9 Å². The van der Waals surface area contributed by atoms with Crippen LogP contribution < -0.4 is 15.8 Å². The fraction of sp³-hybridized carbons (Fsp3) is 0.500. The van der Waals surface area contributed by atoms with E-state index in [-0.39, 0.29) is 11.9 Å². The van der Waals surface area contributed by atoms with Crippen molar-refractivity contribution in [2.45, 2.75) is 32.2 Å². The van der Waals surface area contributed by atoms with Crippen LogP contribution in [0.5, 0.6) is 5.75 Å². The van der Waals surface area contributed by atoms with Gasteiger partial charge in [-0.05, 0) is 47.8 Å². The van der Waals surface area contributed by atoms with Crippen molar-refractivity contribution in [2.75, 3.05) is 12.4 Å². The summed E-state index contributed by atoms with van der Waals surface area (Å²) >= 11 is 9.40. The average Bonchev–Trinajstić information content (AvgIpc) is 2.70. The van der Waals surface area contributed by atoms with Crippen LogP contribution >= 0.6 is 27.5 Å². The van der Waals surface area contributed by atoms with E-state index in [2.05, 4.69) is 21.2 Å². The highest BCUT2D eigenvalue weighted by Crippen LogP contribution is 2.40. The number of amides is 1. The average molecular weight is 362 g/mol. The van der Waals surface area contributed by atoms with Gasteiger partial charge in [0.25, 0.3) is 0 Å². The maximum atomic E-state index is 12.5. The smallest absolute Gasteiger partial charge is 0.231 e. The minimum atomic E-state index is -0.542. The number of benzene rings is 1. The molecule has 0 spiro atoms. The highest BCUT2D eigenvalue weighted by atomic mass is 79.9. The third-order valence-electron chi connectivity index (χ3n) is 4.01. The summed E-state index contributed by atoms with van der Waals surface area (Å²) in [7, 11) is 1.55. The van der Waals surface area contributed by atoms with Crippen molar-refractivity contribution in [3.8, 4) is 5.75 Å². The fourth-order valence-electron chi connectivity index (χ4n) is 2.60. The number of ether oxygens (including phenoxy) is 1. The second kappa shape index (κ2) is 5.92. The van der Waals surface area contributed by atoms with Gasteiger partial charge in [-0.15, -0.1) is 0 Å². The lowest BCUT2D eigenvalue weighted by Gasteiger charge is -2.28. The molecule has 0 saturated heterocycles. The molecule has 1 aromatic rings. The lowest BCUT2D eigenvalue weighted by atomic mass is 9.84. The maximum absolute atomic E-state index is 12.5. The molecule has 110 valence electrons. The Labute approximate surface area is 132 Å². The lowest BCUT2D eigenvalue weighted by molar-refractivity contribution is -0.125. The summed E-state index contributed by atoms with van der Waals surface area (Å²) in [6.45, 7) is 1.91. The van der Waals surface area contributed by atoms with Crippen LogP contribution in [-0.2, 0) is 4.79 Å². The first-order chi connectivity index (χ1) is 9.38. The number of carbonyl (C=O) groups is 1. The second-order valence-electron chi connectivity index (χ2n) is 5.34. The number of nitrogens with one attached hydrogen (secondary N) is 1. The molecule has 1 aliphatic rings. The Kier molecular flexibility index (Phi) is 4.62. The number of rotatable bonds is 3. The van der Waals surface area contributed by atoms with Crippen LogP contribution in [0.25, 0.3) is 0 Å². The number of methoxy groups -OCH3 is 1. The molecule has 2 rings (SSSR count). The van der Waals surface area contributed by atoms with Crippen molar-refractivity contribution in [3.05, 3.63) is 21.6 Å². The van der Waals surface area contributed by atoms with Gasteiger partial charge in [-0.1, -0.05) is 18.0 Å². The zero-order valence-corrected chi connectivity index (χ0v) is 13.8. The molecule has 4 nitrogen and oxygen atoms in total. The van der Waals surface area contributed by atoms with Crippen LogP contribution in [-0.4, -0.2) is 19.1 Å². The van der Waals surface area contributed by atoms with E-state index in [0.717, 1.165) is 19.3 Å². The van der Waals surface area contributed by atoms with Crippen molar-refractivity contribution in [2.24, 2.45) is 11.1 Å². The standard InChI is InChI=1S/C14H18BrClN2O2/c1-14(5-3-4-11(14)17)13(19)18-10-7-8(16)6-9(15)12(10)20-2/h6-7,11H,3-5,17H2,1-2H3,(H,18,19). The molecule has 20 heavy (non-hydrogen) atoms. The number of anilines is 1. The summed E-state index contributed by atoms with van der Waals surface area (Å²) in [6, 6.07) is 3.28. The Morgan fingerprint density at radius 3 is 2.85 bits per heavy atom. The van der Waals surface area contributed by atoms with Gasteiger partial charge in [0.1, 0.15) is 0 Å². The highest BCUT2D eigenvalue weighted by molar-refractivity contribution is 9.10. The molecule has 0 radical (unpaired) electrons. The van der Waals surface area contributed by atoms with E-state index in [1.165, 1.54) is 0 Å². The Hall–Kier alpha value is -0.780. The highest BCUT2D eigenvalue weighted by Gasteiger charge is 2.43. The summed E-state index contributed by atoms with van der Waals surface area (Å²) in [5.41, 5.74) is 6.08. The summed E-state index contributed by atoms with van der Waals surface area (Å²) in [4.78, 5) is 12.5. The zero-order valence-electron chi connectivity index (χ0n) is 11.5. The predicted molar refractivity (Wildman–Crippen MR) is 84.3 cm³/mol. The fourth-order valence-corrected chi connectivity index (χ4v) is 3.57. The van der Waals surface area contributed by atoms with E-state index >= 15 is 0 Å². The first kappa shape index (κ1) is 15.6. The van der Waals surface area contributed by atoms with Gasteiger partial charge in [0.2, 0.25) is 5.91 Å². The quantitative estimate of drug-likeness (QED) is 0.865. The predicted octanol–water partition coefficient (Wildman–Crippen LogP) is 3.57. The number of halogens is 2. The third-order valence-corrected chi connectivity index (χ3v) is 4.82. The summed E-state index contributed by atoms with van der Waals surface area (Å²) in [6.07, 6.45) is 2.64. The van der Waals surface area contributed by atoms with Gasteiger partial charge >= 0.3 is 0 Å². The first-order valence-corrected chi connectivity index (χ1v) is 7.65. The molecule has 0 heterocycles. The number of nitrogens with two attached hydrogens (primary N) is 1. The molecular weight excluding hydrogens is 344 g/mol. The maximum Gasteiger partial charge on any atom is 0.231 e. The largest absolute Gasteiger partial charge is 0.493 e. The van der Waals surface area contributed by atoms with Crippen LogP contribution in [0.1, 0.15) is 26.2 Å². The van der Waals surface area contributed by atoms with Gasteiger partial charge in [0, 0.05) is 11.1 Å². The van der Waals surface area contributed by atoms with Crippen molar-refractivity contribution in [1.29, 1.82) is 0 Å². The normalized spacial score (nSPS) is 25.6. The van der Waals surface area contributed by atoms with Gasteiger partial charge < -0.3 is 15.8 Å². The molecule has 3 N–H and O–H groups in total. The minimum Gasteiger partial charge on any atom is -0.493 e. The van der Waals surface area contributed by atoms with Crippen molar-refractivity contribution < 1.29 is 9.53 Å². The minimum absolute atomic E-state index is 0.0880. The van der Waals surface area contributed by atoms with Gasteiger partial charge in [-0.25, -0.2) is 0 Å². The van der Waals surface area contributed by atoms with Crippen LogP contribution in [0.4, 0.5) is 5.69 Å². The molecule has 0 aromatic heterocycles. The van der Waals surface area contributed by atoms with Crippen molar-refractivity contribution in [1.82, 2.24) is 0 Å². The Bertz CT molecular complexity index is 538. The zero-order chi connectivity index (χ0) is 14.9. The van der Waals surface area contributed by atoms with E-state index in [1.54, 1.807) is 19.2 Å². The first-order valence-electron chi connectivity index (χ1n) is 6.48. The van der Waals surface area contributed by atoms with Gasteiger partial charge in [0.05, 0.1) is 22.7 Å². The Balaban J connectivity index is 2.28.